The minimum Gasteiger partial charge on any atom is -0.338 e. The first-order chi connectivity index (χ1) is 25.2. The molecule has 0 spiro atoms. The molecule has 0 rings (SSSR count). The third-order valence-corrected chi connectivity index (χ3v) is 9.85. The Kier molecular flexibility index (Phi) is 35.8. The second kappa shape index (κ2) is 35.6. The molecular formula is C33H66N4O9S6. The predicted octanol–water partition coefficient (Wildman–Crippen LogP) is 5.79. The number of thiol groups is 6. The molecule has 308 valence electrons. The summed E-state index contributed by atoms with van der Waals surface area (Å²) in [4.78, 5) is 46.2. The maximum absolute atomic E-state index is 13.0. The molecule has 19 heteroatoms. The molecule has 0 aliphatic heterocycles. The van der Waals surface area contributed by atoms with Crippen LogP contribution in [0.1, 0.15) is 97.8 Å². The van der Waals surface area contributed by atoms with Crippen LogP contribution in [0.2, 0.25) is 0 Å². The van der Waals surface area contributed by atoms with Crippen LogP contribution in [-0.4, -0.2) is 134 Å². The van der Waals surface area contributed by atoms with E-state index in [1.807, 2.05) is 4.90 Å². The third-order valence-electron chi connectivity index (χ3n) is 8.57. The average molecular weight is 855 g/mol. The molecule has 52 heavy (non-hydrogen) atoms. The quantitative estimate of drug-likeness (QED) is 0.0263. The van der Waals surface area contributed by atoms with Crippen LogP contribution in [0.3, 0.4) is 0 Å². The summed E-state index contributed by atoms with van der Waals surface area (Å²) in [6.45, 7) is 9.03. The van der Waals surface area contributed by atoms with Crippen LogP contribution in [0.5, 0.6) is 0 Å². The van der Waals surface area contributed by atoms with E-state index in [0.29, 0.717) is 39.3 Å². The first-order valence-corrected chi connectivity index (χ1v) is 20.6. The lowest BCUT2D eigenvalue weighted by Crippen LogP contribution is -2.51. The molecule has 0 aromatic rings. The number of carbonyl (C=O) groups is 3. The van der Waals surface area contributed by atoms with Crippen molar-refractivity contribution in [1.29, 1.82) is 0 Å². The molecule has 0 N–H and O–H groups in total. The fourth-order valence-corrected chi connectivity index (χ4v) is 6.51. The minimum atomic E-state index is -0.548. The molecule has 0 heterocycles. The van der Waals surface area contributed by atoms with Crippen LogP contribution in [0.15, 0.2) is 0 Å². The summed E-state index contributed by atoms with van der Waals surface area (Å²) >= 11 is 24.0. The molecule has 0 aromatic carbocycles. The Balaban J connectivity index is 6.33. The van der Waals surface area contributed by atoms with Gasteiger partial charge in [-0.15, -0.1) is 0 Å². The highest BCUT2D eigenvalue weighted by atomic mass is 32.1. The highest BCUT2D eigenvalue weighted by molar-refractivity contribution is 7.75. The van der Waals surface area contributed by atoms with Crippen molar-refractivity contribution < 1.29 is 39.5 Å². The van der Waals surface area contributed by atoms with E-state index in [1.54, 1.807) is 14.7 Å². The SMILES string of the molecule is CCCCCCN(CC(CN(CC(CN(CCCCCC)C(=O)COS)OS)CC(CN(CCCCCC)C(=O)COS)OS)OS)C(=O)COS. The van der Waals surface area contributed by atoms with Gasteiger partial charge in [0.1, 0.15) is 38.1 Å². The Hall–Kier alpha value is 0.230. The number of carbonyl (C=O) groups excluding carboxylic acids is 3. The molecule has 13 nitrogen and oxygen atoms in total. The molecule has 0 saturated heterocycles. The van der Waals surface area contributed by atoms with Gasteiger partial charge in [0.15, 0.2) is 0 Å². The van der Waals surface area contributed by atoms with Crippen LogP contribution in [-0.2, 0) is 39.5 Å². The van der Waals surface area contributed by atoms with E-state index < -0.39 is 18.3 Å². The van der Waals surface area contributed by atoms with Crippen molar-refractivity contribution in [3.05, 3.63) is 0 Å². The van der Waals surface area contributed by atoms with Crippen molar-refractivity contribution in [1.82, 2.24) is 19.6 Å². The first kappa shape index (κ1) is 52.2. The number of hydrogen-bond donors (Lipinski definition) is 6. The normalized spacial score (nSPS) is 13.3. The Labute approximate surface area is 347 Å². The van der Waals surface area contributed by atoms with Gasteiger partial charge in [-0.05, 0) is 96.7 Å². The smallest absolute Gasteiger partial charge is 0.249 e. The number of amides is 3. The van der Waals surface area contributed by atoms with Gasteiger partial charge in [0, 0.05) is 58.9 Å². The van der Waals surface area contributed by atoms with Crippen LogP contribution < -0.4 is 0 Å². The van der Waals surface area contributed by atoms with E-state index in [2.05, 4.69) is 98.2 Å². The summed E-state index contributed by atoms with van der Waals surface area (Å²) in [5.41, 5.74) is 0. The van der Waals surface area contributed by atoms with Gasteiger partial charge in [-0.25, -0.2) is 0 Å². The van der Waals surface area contributed by atoms with Gasteiger partial charge in [-0.3, -0.25) is 19.3 Å². The van der Waals surface area contributed by atoms with E-state index >= 15 is 0 Å². The zero-order valence-corrected chi connectivity index (χ0v) is 36.7. The fourth-order valence-electron chi connectivity index (χ4n) is 5.78. The molecule has 0 aliphatic carbocycles. The van der Waals surface area contributed by atoms with Gasteiger partial charge in [0.2, 0.25) is 17.7 Å². The highest BCUT2D eigenvalue weighted by Crippen LogP contribution is 2.15. The number of rotatable bonds is 36. The predicted molar refractivity (Wildman–Crippen MR) is 225 cm³/mol. The van der Waals surface area contributed by atoms with E-state index in [-0.39, 0.29) is 57.2 Å². The second-order valence-electron chi connectivity index (χ2n) is 12.9. The number of hydrogen-bond acceptors (Lipinski definition) is 16. The molecule has 3 atom stereocenters. The Bertz CT molecular complexity index is 800. The zero-order chi connectivity index (χ0) is 39.0. The monoisotopic (exact) mass is 854 g/mol. The van der Waals surface area contributed by atoms with E-state index in [0.717, 1.165) is 77.0 Å². The minimum absolute atomic E-state index is 0.179. The van der Waals surface area contributed by atoms with Gasteiger partial charge in [-0.2, -0.15) is 0 Å². The summed E-state index contributed by atoms with van der Waals surface area (Å²) in [7, 11) is 0. The van der Waals surface area contributed by atoms with Gasteiger partial charge in [0.25, 0.3) is 0 Å². The van der Waals surface area contributed by atoms with Gasteiger partial charge in [-0.1, -0.05) is 78.6 Å². The lowest BCUT2D eigenvalue weighted by molar-refractivity contribution is -0.134. The lowest BCUT2D eigenvalue weighted by atomic mass is 10.1. The van der Waals surface area contributed by atoms with Crippen LogP contribution in [0, 0.1) is 0 Å². The summed E-state index contributed by atoms with van der Waals surface area (Å²) < 4.78 is 31.5. The van der Waals surface area contributed by atoms with Crippen molar-refractivity contribution >= 4 is 95.2 Å². The maximum Gasteiger partial charge on any atom is 0.249 e. The van der Waals surface area contributed by atoms with Crippen molar-refractivity contribution in [2.24, 2.45) is 0 Å². The number of nitrogens with zero attached hydrogens (tertiary/aromatic N) is 4. The Morgan fingerprint density at radius 1 is 0.423 bits per heavy atom. The summed E-state index contributed by atoms with van der Waals surface area (Å²) in [5.74, 6) is -0.642. The lowest BCUT2D eigenvalue weighted by Gasteiger charge is -2.35. The first-order valence-electron chi connectivity index (χ1n) is 18.4. The van der Waals surface area contributed by atoms with Crippen LogP contribution >= 0.6 is 77.5 Å². The van der Waals surface area contributed by atoms with Gasteiger partial charge < -0.3 is 39.8 Å². The Morgan fingerprint density at radius 2 is 0.692 bits per heavy atom. The Morgan fingerprint density at radius 3 is 0.904 bits per heavy atom. The van der Waals surface area contributed by atoms with Crippen molar-refractivity contribution in [3.8, 4) is 0 Å². The molecule has 0 fully saturated rings. The molecule has 0 radical (unpaired) electrons. The summed E-state index contributed by atoms with van der Waals surface area (Å²) in [6, 6.07) is 0. The molecule has 0 saturated carbocycles. The number of unbranched alkanes of at least 4 members (excludes halogenated alkanes) is 9. The zero-order valence-electron chi connectivity index (χ0n) is 31.3. The molecule has 3 amide bonds. The molecule has 0 bridgehead atoms. The van der Waals surface area contributed by atoms with Crippen molar-refractivity contribution in [2.75, 3.05) is 78.7 Å². The van der Waals surface area contributed by atoms with Crippen molar-refractivity contribution in [3.63, 3.8) is 0 Å². The summed E-state index contributed by atoms with van der Waals surface area (Å²) in [5, 5.41) is 0. The highest BCUT2D eigenvalue weighted by Gasteiger charge is 2.29. The summed E-state index contributed by atoms with van der Waals surface area (Å²) in [6.07, 6.45) is 10.2. The van der Waals surface area contributed by atoms with Gasteiger partial charge in [0.05, 0.1) is 0 Å². The second-order valence-corrected chi connectivity index (χ2v) is 14.3. The van der Waals surface area contributed by atoms with Crippen molar-refractivity contribution in [2.45, 2.75) is 116 Å². The molecule has 0 aliphatic rings. The topological polar surface area (TPSA) is 120 Å². The standard InChI is InChI=1S/C33H66N4O9S6/c1-4-7-10-13-16-35(31(38)25-41-47)22-28(44-50)19-34(20-29(45-51)23-36(32(39)26-42-48)17-14-11-8-5-2)21-30(46-52)24-37(33(40)27-43-49)18-15-12-9-6-3/h28-30,47-52H,4-27H2,1-3H3. The van der Waals surface area contributed by atoms with Crippen LogP contribution in [0.4, 0.5) is 0 Å². The molecular weight excluding hydrogens is 789 g/mol. The van der Waals surface area contributed by atoms with Gasteiger partial charge >= 0.3 is 0 Å². The largest absolute Gasteiger partial charge is 0.338 e. The molecule has 3 unspecified atom stereocenters. The average Bonchev–Trinajstić information content (AvgIpc) is 3.13. The fraction of sp³-hybridized carbons (Fsp3) is 0.909. The van der Waals surface area contributed by atoms with E-state index in [1.165, 1.54) is 0 Å². The van der Waals surface area contributed by atoms with E-state index in [4.69, 9.17) is 25.1 Å². The third kappa shape index (κ3) is 25.4. The van der Waals surface area contributed by atoms with Crippen LogP contribution in [0.25, 0.3) is 0 Å². The molecule has 0 aromatic heterocycles. The maximum atomic E-state index is 13.0. The van der Waals surface area contributed by atoms with E-state index in [9.17, 15) is 14.4 Å².